The normalized spacial score (nSPS) is 14.6. The van der Waals surface area contributed by atoms with Gasteiger partial charge in [-0.25, -0.2) is 0 Å². The van der Waals surface area contributed by atoms with Gasteiger partial charge in [-0.15, -0.1) is 0 Å². The van der Waals surface area contributed by atoms with Crippen molar-refractivity contribution in [1.82, 2.24) is 5.32 Å². The summed E-state index contributed by atoms with van der Waals surface area (Å²) >= 11 is 6.00. The van der Waals surface area contributed by atoms with Crippen LogP contribution in [0.15, 0.2) is 12.1 Å². The third-order valence-corrected chi connectivity index (χ3v) is 2.76. The number of hydrogen-bond donors (Lipinski definition) is 2. The summed E-state index contributed by atoms with van der Waals surface area (Å²) in [6.45, 7) is 4.07. The van der Waals surface area contributed by atoms with E-state index < -0.39 is 5.60 Å². The van der Waals surface area contributed by atoms with E-state index in [1.165, 1.54) is 0 Å². The molecule has 1 aromatic carbocycles. The van der Waals surface area contributed by atoms with Crippen molar-refractivity contribution in [3.63, 3.8) is 0 Å². The number of benzene rings is 1. The monoisotopic (exact) mass is 243 g/mol. The molecular weight excluding hydrogens is 226 g/mol. The first-order valence-corrected chi connectivity index (χ1v) is 5.51. The van der Waals surface area contributed by atoms with Gasteiger partial charge < -0.3 is 15.2 Å². The Labute approximate surface area is 101 Å². The fraction of sp³-hybridized carbons (Fsp3) is 0.500. The zero-order chi connectivity index (χ0) is 12.3. The van der Waals surface area contributed by atoms with Crippen LogP contribution in [-0.2, 0) is 5.60 Å². The van der Waals surface area contributed by atoms with Gasteiger partial charge in [0.25, 0.3) is 0 Å². The van der Waals surface area contributed by atoms with Crippen LogP contribution < -0.4 is 10.1 Å². The lowest BCUT2D eigenvalue weighted by Crippen LogP contribution is -2.34. The first-order valence-electron chi connectivity index (χ1n) is 5.14. The average Bonchev–Trinajstić information content (AvgIpc) is 2.16. The van der Waals surface area contributed by atoms with Crippen LogP contribution in [0.1, 0.15) is 18.1 Å². The molecular formula is C12H18ClNO2. The molecule has 0 bridgehead atoms. The highest BCUT2D eigenvalue weighted by Gasteiger charge is 2.27. The molecule has 0 radical (unpaired) electrons. The molecule has 1 rings (SSSR count). The molecule has 1 aromatic rings. The van der Waals surface area contributed by atoms with E-state index in [4.69, 9.17) is 16.3 Å². The number of hydrogen-bond acceptors (Lipinski definition) is 3. The Kier molecular flexibility index (Phi) is 4.19. The minimum Gasteiger partial charge on any atom is -0.496 e. The van der Waals surface area contributed by atoms with Crippen molar-refractivity contribution >= 4 is 11.6 Å². The molecule has 16 heavy (non-hydrogen) atoms. The lowest BCUT2D eigenvalue weighted by Gasteiger charge is -2.26. The highest BCUT2D eigenvalue weighted by atomic mass is 35.5. The molecule has 1 atom stereocenters. The van der Waals surface area contributed by atoms with Crippen molar-refractivity contribution in [1.29, 1.82) is 0 Å². The summed E-state index contributed by atoms with van der Waals surface area (Å²) in [5.74, 6) is 0.685. The molecule has 90 valence electrons. The minimum atomic E-state index is -1.00. The Morgan fingerprint density at radius 1 is 1.50 bits per heavy atom. The zero-order valence-electron chi connectivity index (χ0n) is 10.1. The molecule has 0 aromatic heterocycles. The Balaban J connectivity index is 3.30. The molecule has 0 heterocycles. The highest BCUT2D eigenvalue weighted by Crippen LogP contribution is 2.34. The number of methoxy groups -OCH3 is 1. The maximum atomic E-state index is 10.3. The van der Waals surface area contributed by atoms with Crippen molar-refractivity contribution in [3.8, 4) is 5.75 Å². The van der Waals surface area contributed by atoms with Gasteiger partial charge in [0.1, 0.15) is 11.4 Å². The molecule has 0 saturated carbocycles. The summed E-state index contributed by atoms with van der Waals surface area (Å²) in [5, 5.41) is 13.9. The summed E-state index contributed by atoms with van der Waals surface area (Å²) in [6.07, 6.45) is 0. The number of aliphatic hydroxyl groups is 1. The van der Waals surface area contributed by atoms with Crippen molar-refractivity contribution < 1.29 is 9.84 Å². The lowest BCUT2D eigenvalue weighted by atomic mass is 9.93. The average molecular weight is 244 g/mol. The van der Waals surface area contributed by atoms with Gasteiger partial charge in [-0.1, -0.05) is 11.6 Å². The molecule has 0 amide bonds. The summed E-state index contributed by atoms with van der Waals surface area (Å²) in [5.41, 5.74) is 0.617. The van der Waals surface area contributed by atoms with Gasteiger partial charge >= 0.3 is 0 Å². The van der Waals surface area contributed by atoms with E-state index >= 15 is 0 Å². The molecule has 0 aliphatic rings. The molecule has 3 nitrogen and oxygen atoms in total. The van der Waals surface area contributed by atoms with Crippen LogP contribution in [0.5, 0.6) is 5.75 Å². The van der Waals surface area contributed by atoms with Gasteiger partial charge in [0, 0.05) is 17.1 Å². The van der Waals surface area contributed by atoms with Gasteiger partial charge in [0.05, 0.1) is 7.11 Å². The summed E-state index contributed by atoms with van der Waals surface area (Å²) in [7, 11) is 3.38. The third kappa shape index (κ3) is 2.67. The van der Waals surface area contributed by atoms with E-state index in [2.05, 4.69) is 5.32 Å². The van der Waals surface area contributed by atoms with E-state index in [0.29, 0.717) is 22.9 Å². The number of nitrogens with one attached hydrogen (secondary N) is 1. The number of halogens is 1. The highest BCUT2D eigenvalue weighted by molar-refractivity contribution is 6.30. The van der Waals surface area contributed by atoms with E-state index in [1.54, 1.807) is 27.1 Å². The molecule has 1 unspecified atom stereocenters. The van der Waals surface area contributed by atoms with Gasteiger partial charge in [0.15, 0.2) is 0 Å². The number of rotatable bonds is 4. The second-order valence-corrected chi connectivity index (χ2v) is 4.54. The molecule has 0 saturated heterocycles. The van der Waals surface area contributed by atoms with Gasteiger partial charge in [-0.3, -0.25) is 0 Å². The molecule has 0 aliphatic carbocycles. The molecule has 0 fully saturated rings. The fourth-order valence-corrected chi connectivity index (χ4v) is 2.11. The van der Waals surface area contributed by atoms with Crippen molar-refractivity contribution in [2.45, 2.75) is 19.4 Å². The van der Waals surface area contributed by atoms with E-state index in [0.717, 1.165) is 5.56 Å². The van der Waals surface area contributed by atoms with Crippen LogP contribution in [0.3, 0.4) is 0 Å². The Hall–Kier alpha value is -0.770. The SMILES string of the molecule is CNCC(C)(O)c1cc(Cl)cc(C)c1OC. The second-order valence-electron chi connectivity index (χ2n) is 4.11. The zero-order valence-corrected chi connectivity index (χ0v) is 10.9. The van der Waals surface area contributed by atoms with Crippen molar-refractivity contribution in [2.75, 3.05) is 20.7 Å². The molecule has 0 aliphatic heterocycles. The van der Waals surface area contributed by atoms with Crippen LogP contribution in [0.4, 0.5) is 0 Å². The predicted octanol–water partition coefficient (Wildman–Crippen LogP) is 2.08. The summed E-state index contributed by atoms with van der Waals surface area (Å²) < 4.78 is 5.32. The van der Waals surface area contributed by atoms with Crippen LogP contribution in [0.2, 0.25) is 5.02 Å². The first kappa shape index (κ1) is 13.3. The van der Waals surface area contributed by atoms with Crippen LogP contribution in [0, 0.1) is 6.92 Å². The quantitative estimate of drug-likeness (QED) is 0.851. The van der Waals surface area contributed by atoms with Crippen LogP contribution in [0.25, 0.3) is 0 Å². The summed E-state index contributed by atoms with van der Waals surface area (Å²) in [6, 6.07) is 3.56. The largest absolute Gasteiger partial charge is 0.496 e. The van der Waals surface area contributed by atoms with E-state index in [1.807, 2.05) is 13.0 Å². The molecule has 4 heteroatoms. The van der Waals surface area contributed by atoms with Crippen LogP contribution >= 0.6 is 11.6 Å². The van der Waals surface area contributed by atoms with Gasteiger partial charge in [-0.2, -0.15) is 0 Å². The Bertz CT molecular complexity index is 378. The van der Waals surface area contributed by atoms with Gasteiger partial charge in [-0.05, 0) is 38.6 Å². The minimum absolute atomic E-state index is 0.434. The van der Waals surface area contributed by atoms with E-state index in [9.17, 15) is 5.11 Å². The van der Waals surface area contributed by atoms with Gasteiger partial charge in [0.2, 0.25) is 0 Å². The molecule has 0 spiro atoms. The van der Waals surface area contributed by atoms with E-state index in [-0.39, 0.29) is 0 Å². The number of aryl methyl sites for hydroxylation is 1. The topological polar surface area (TPSA) is 41.5 Å². The predicted molar refractivity (Wildman–Crippen MR) is 66.2 cm³/mol. The van der Waals surface area contributed by atoms with Crippen molar-refractivity contribution in [3.05, 3.63) is 28.3 Å². The van der Waals surface area contributed by atoms with Crippen LogP contribution in [-0.4, -0.2) is 25.8 Å². The lowest BCUT2D eigenvalue weighted by molar-refractivity contribution is 0.0564. The number of ether oxygens (including phenoxy) is 1. The Morgan fingerprint density at radius 2 is 2.12 bits per heavy atom. The smallest absolute Gasteiger partial charge is 0.127 e. The maximum Gasteiger partial charge on any atom is 0.127 e. The maximum absolute atomic E-state index is 10.3. The van der Waals surface area contributed by atoms with Crippen molar-refractivity contribution in [2.24, 2.45) is 0 Å². The second kappa shape index (κ2) is 5.04. The fourth-order valence-electron chi connectivity index (χ4n) is 1.84. The molecule has 2 N–H and O–H groups in total. The standard InChI is InChI=1S/C12H18ClNO2/c1-8-5-9(13)6-10(11(8)16-4)12(2,15)7-14-3/h5-6,14-15H,7H2,1-4H3. The first-order chi connectivity index (χ1) is 7.42. The third-order valence-electron chi connectivity index (χ3n) is 2.54. The Morgan fingerprint density at radius 3 is 2.62 bits per heavy atom. The summed E-state index contributed by atoms with van der Waals surface area (Å²) in [4.78, 5) is 0. The number of likely N-dealkylation sites (N-methyl/N-ethyl adjacent to an activating group) is 1.